The molecular weight excluding hydrogens is 134 g/mol. The van der Waals surface area contributed by atoms with Crippen LogP contribution in [-0.2, 0) is 9.05 Å². The molecule has 42 valence electrons. The van der Waals surface area contributed by atoms with Gasteiger partial charge in [0, 0.05) is 0 Å². The minimum atomic E-state index is -1.03. The molecule has 0 N–H and O–H groups in total. The van der Waals surface area contributed by atoms with Crippen LogP contribution in [0.15, 0.2) is 0 Å². The summed E-state index contributed by atoms with van der Waals surface area (Å²) in [4.78, 5) is 0. The molecule has 1 rings (SSSR count). The fourth-order valence-corrected chi connectivity index (χ4v) is 1.67. The van der Waals surface area contributed by atoms with E-state index < -0.39 is 7.73 Å². The fraction of sp³-hybridized carbons (Fsp3) is 1.00. The lowest BCUT2D eigenvalue weighted by atomic mass is 10.5. The van der Waals surface area contributed by atoms with E-state index in [9.17, 15) is 0 Å². The standard InChI is InChI=1S/C3H6ClO2P/c1-3-2-5-7(4)6-3/h3H,2H2,1H3/t3-,7?/m1/s1. The van der Waals surface area contributed by atoms with Gasteiger partial charge >= 0.3 is 0 Å². The van der Waals surface area contributed by atoms with Gasteiger partial charge in [0.05, 0.1) is 12.7 Å². The van der Waals surface area contributed by atoms with E-state index in [0.29, 0.717) is 6.61 Å². The van der Waals surface area contributed by atoms with E-state index in [1.54, 1.807) is 0 Å². The van der Waals surface area contributed by atoms with Crippen molar-refractivity contribution >= 4 is 19.0 Å². The summed E-state index contributed by atoms with van der Waals surface area (Å²) in [6.07, 6.45) is 0.198. The van der Waals surface area contributed by atoms with Crippen LogP contribution in [0.25, 0.3) is 0 Å². The third-order valence-corrected chi connectivity index (χ3v) is 2.08. The Morgan fingerprint density at radius 1 is 1.86 bits per heavy atom. The monoisotopic (exact) mass is 140 g/mol. The van der Waals surface area contributed by atoms with Crippen molar-refractivity contribution in [3.05, 3.63) is 0 Å². The lowest BCUT2D eigenvalue weighted by Crippen LogP contribution is -1.99. The van der Waals surface area contributed by atoms with E-state index in [4.69, 9.17) is 20.3 Å². The Balaban J connectivity index is 2.26. The Morgan fingerprint density at radius 3 is 2.71 bits per heavy atom. The molecule has 0 aromatic heterocycles. The lowest BCUT2D eigenvalue weighted by Gasteiger charge is -1.94. The summed E-state index contributed by atoms with van der Waals surface area (Å²) in [6.45, 7) is 2.58. The molecule has 0 aromatic rings. The lowest BCUT2D eigenvalue weighted by molar-refractivity contribution is 0.263. The van der Waals surface area contributed by atoms with E-state index in [0.717, 1.165) is 0 Å². The molecule has 2 nitrogen and oxygen atoms in total. The Morgan fingerprint density at radius 2 is 2.57 bits per heavy atom. The van der Waals surface area contributed by atoms with E-state index >= 15 is 0 Å². The van der Waals surface area contributed by atoms with Crippen LogP contribution in [-0.4, -0.2) is 12.7 Å². The van der Waals surface area contributed by atoms with Crippen molar-refractivity contribution in [3.63, 3.8) is 0 Å². The third kappa shape index (κ3) is 1.54. The van der Waals surface area contributed by atoms with Gasteiger partial charge in [0.2, 0.25) is 0 Å². The second kappa shape index (κ2) is 2.27. The zero-order valence-corrected chi connectivity index (χ0v) is 5.58. The van der Waals surface area contributed by atoms with Crippen LogP contribution in [0.2, 0.25) is 0 Å². The molecule has 1 aliphatic rings. The minimum Gasteiger partial charge on any atom is -0.319 e. The Hall–Kier alpha value is 0.640. The van der Waals surface area contributed by atoms with Gasteiger partial charge in [-0.25, -0.2) is 0 Å². The average Bonchev–Trinajstić information content (AvgIpc) is 1.87. The maximum Gasteiger partial charge on any atom is 0.277 e. The summed E-state index contributed by atoms with van der Waals surface area (Å²) in [5.74, 6) is 0. The van der Waals surface area contributed by atoms with Crippen molar-refractivity contribution in [2.24, 2.45) is 0 Å². The summed E-state index contributed by atoms with van der Waals surface area (Å²) >= 11 is 5.43. The van der Waals surface area contributed by atoms with Crippen molar-refractivity contribution in [3.8, 4) is 0 Å². The SMILES string of the molecule is C[C@@H]1COP(Cl)O1. The van der Waals surface area contributed by atoms with Crippen LogP contribution >= 0.6 is 19.0 Å². The second-order valence-corrected chi connectivity index (χ2v) is 3.15. The predicted molar refractivity (Wildman–Crippen MR) is 29.3 cm³/mol. The fourth-order valence-electron chi connectivity index (χ4n) is 0.366. The van der Waals surface area contributed by atoms with Crippen LogP contribution in [0.1, 0.15) is 6.92 Å². The summed E-state index contributed by atoms with van der Waals surface area (Å²) in [7, 11) is -1.03. The van der Waals surface area contributed by atoms with Gasteiger partial charge in [-0.1, -0.05) is 0 Å². The van der Waals surface area contributed by atoms with Gasteiger partial charge < -0.3 is 9.05 Å². The normalized spacial score (nSPS) is 42.0. The Labute approximate surface area is 48.5 Å². The number of hydrogen-bond acceptors (Lipinski definition) is 2. The van der Waals surface area contributed by atoms with E-state index in [-0.39, 0.29) is 6.10 Å². The minimum absolute atomic E-state index is 0.198. The molecule has 0 amide bonds. The van der Waals surface area contributed by atoms with Gasteiger partial charge in [0.15, 0.2) is 0 Å². The molecule has 0 spiro atoms. The maximum atomic E-state index is 5.43. The van der Waals surface area contributed by atoms with E-state index in [1.807, 2.05) is 6.92 Å². The van der Waals surface area contributed by atoms with Crippen molar-refractivity contribution < 1.29 is 9.05 Å². The summed E-state index contributed by atoms with van der Waals surface area (Å²) in [5, 5.41) is 0. The highest BCUT2D eigenvalue weighted by molar-refractivity contribution is 7.76. The topological polar surface area (TPSA) is 18.5 Å². The highest BCUT2D eigenvalue weighted by Gasteiger charge is 2.20. The molecular formula is C3H6ClO2P. The molecule has 0 aliphatic carbocycles. The molecule has 0 bridgehead atoms. The predicted octanol–water partition coefficient (Wildman–Crippen LogP) is 1.89. The molecule has 1 fully saturated rings. The van der Waals surface area contributed by atoms with Crippen LogP contribution in [0.3, 0.4) is 0 Å². The van der Waals surface area contributed by atoms with Crippen molar-refractivity contribution in [1.29, 1.82) is 0 Å². The molecule has 1 saturated heterocycles. The molecule has 1 aliphatic heterocycles. The van der Waals surface area contributed by atoms with Gasteiger partial charge in [0.1, 0.15) is 0 Å². The molecule has 1 heterocycles. The summed E-state index contributed by atoms with van der Waals surface area (Å²) in [6, 6.07) is 0. The van der Waals surface area contributed by atoms with E-state index in [2.05, 4.69) is 0 Å². The molecule has 0 radical (unpaired) electrons. The van der Waals surface area contributed by atoms with Crippen LogP contribution in [0.5, 0.6) is 0 Å². The van der Waals surface area contributed by atoms with Crippen LogP contribution in [0, 0.1) is 0 Å². The second-order valence-electron chi connectivity index (χ2n) is 1.42. The number of halogens is 1. The first kappa shape index (κ1) is 5.77. The van der Waals surface area contributed by atoms with E-state index in [1.165, 1.54) is 0 Å². The van der Waals surface area contributed by atoms with Crippen LogP contribution in [0.4, 0.5) is 0 Å². The summed E-state index contributed by atoms with van der Waals surface area (Å²) in [5.41, 5.74) is 0. The Kier molecular flexibility index (Phi) is 1.87. The van der Waals surface area contributed by atoms with Gasteiger partial charge in [-0.05, 0) is 18.2 Å². The van der Waals surface area contributed by atoms with Crippen molar-refractivity contribution in [2.75, 3.05) is 6.61 Å². The largest absolute Gasteiger partial charge is 0.319 e. The Bertz CT molecular complexity index is 62.0. The molecule has 2 atom stereocenters. The highest BCUT2D eigenvalue weighted by atomic mass is 35.7. The van der Waals surface area contributed by atoms with Crippen molar-refractivity contribution in [1.82, 2.24) is 0 Å². The van der Waals surface area contributed by atoms with Gasteiger partial charge in [-0.2, -0.15) is 0 Å². The number of rotatable bonds is 0. The first-order chi connectivity index (χ1) is 3.29. The van der Waals surface area contributed by atoms with Gasteiger partial charge in [-0.3, -0.25) is 0 Å². The van der Waals surface area contributed by atoms with Gasteiger partial charge in [-0.15, -0.1) is 0 Å². The average molecular weight is 141 g/mol. The number of hydrogen-bond donors (Lipinski definition) is 0. The zero-order valence-electron chi connectivity index (χ0n) is 3.93. The molecule has 7 heavy (non-hydrogen) atoms. The summed E-state index contributed by atoms with van der Waals surface area (Å²) < 4.78 is 9.84. The van der Waals surface area contributed by atoms with Gasteiger partial charge in [0.25, 0.3) is 7.73 Å². The smallest absolute Gasteiger partial charge is 0.277 e. The highest BCUT2D eigenvalue weighted by Crippen LogP contribution is 2.49. The maximum absolute atomic E-state index is 5.43. The molecule has 0 aromatic carbocycles. The first-order valence-electron chi connectivity index (χ1n) is 2.04. The van der Waals surface area contributed by atoms with Crippen LogP contribution < -0.4 is 0 Å². The molecule has 0 saturated carbocycles. The third-order valence-electron chi connectivity index (χ3n) is 0.674. The molecule has 4 heteroatoms. The quantitative estimate of drug-likeness (QED) is 0.479. The van der Waals surface area contributed by atoms with Crippen molar-refractivity contribution in [2.45, 2.75) is 13.0 Å². The zero-order chi connectivity index (χ0) is 5.28. The molecule has 1 unspecified atom stereocenters. The first-order valence-corrected chi connectivity index (χ1v) is 4.13.